The molecule has 0 spiro atoms. The summed E-state index contributed by atoms with van der Waals surface area (Å²) in [5.74, 6) is -0.212. The fourth-order valence-corrected chi connectivity index (χ4v) is 2.89. The van der Waals surface area contributed by atoms with Gasteiger partial charge in [0, 0.05) is 29.2 Å². The highest BCUT2D eigenvalue weighted by Gasteiger charge is 2.12. The second-order valence-electron chi connectivity index (χ2n) is 4.64. The first-order valence-electron chi connectivity index (χ1n) is 6.44. The minimum atomic E-state index is -0.178. The summed E-state index contributed by atoms with van der Waals surface area (Å²) < 4.78 is 1.76. The zero-order valence-electron chi connectivity index (χ0n) is 11.4. The summed E-state index contributed by atoms with van der Waals surface area (Å²) in [6.07, 6.45) is 3.60. The van der Waals surface area contributed by atoms with Crippen LogP contribution in [0.2, 0.25) is 0 Å². The maximum Gasteiger partial charge on any atom is 0.261 e. The summed E-state index contributed by atoms with van der Waals surface area (Å²) >= 11 is 1.27. The molecule has 0 atom stereocenters. The Morgan fingerprint density at radius 2 is 2.24 bits per heavy atom. The largest absolute Gasteiger partial charge is 0.347 e. The maximum atomic E-state index is 12.1. The van der Waals surface area contributed by atoms with E-state index >= 15 is 0 Å². The van der Waals surface area contributed by atoms with Crippen LogP contribution in [0.4, 0.5) is 0 Å². The van der Waals surface area contributed by atoms with Crippen molar-refractivity contribution in [3.63, 3.8) is 0 Å². The number of Topliss-reactive ketones (excluding diaryl/α,β-unsaturated/α-hetero) is 1. The quantitative estimate of drug-likeness (QED) is 0.753. The Bertz CT molecular complexity index is 819. The number of aromatic nitrogens is 2. The first kappa shape index (κ1) is 13.5. The summed E-state index contributed by atoms with van der Waals surface area (Å²) in [4.78, 5) is 23.8. The molecule has 6 heteroatoms. The topological polar surface area (TPSA) is 63.5 Å². The molecule has 0 saturated heterocycles. The van der Waals surface area contributed by atoms with Crippen molar-refractivity contribution >= 4 is 28.5 Å². The van der Waals surface area contributed by atoms with Crippen molar-refractivity contribution in [1.82, 2.24) is 14.9 Å². The molecule has 0 radical (unpaired) electrons. The van der Waals surface area contributed by atoms with E-state index in [1.165, 1.54) is 18.3 Å². The minimum absolute atomic E-state index is 0.0343. The van der Waals surface area contributed by atoms with E-state index in [4.69, 9.17) is 0 Å². The number of nitrogens with one attached hydrogen (secondary N) is 1. The van der Waals surface area contributed by atoms with Crippen LogP contribution in [-0.2, 0) is 6.54 Å². The first-order chi connectivity index (χ1) is 10.1. The van der Waals surface area contributed by atoms with Gasteiger partial charge in [-0.05, 0) is 25.1 Å². The van der Waals surface area contributed by atoms with E-state index in [2.05, 4.69) is 10.4 Å². The standard InChI is InChI=1S/C15H13N3O2S/c1-10(19)11-6-14(21-9-11)15(20)16-7-12-8-17-18-5-3-2-4-13(12)18/h2-6,8-9H,7H2,1H3,(H,16,20). The van der Waals surface area contributed by atoms with E-state index in [1.807, 2.05) is 24.4 Å². The monoisotopic (exact) mass is 299 g/mol. The number of hydrogen-bond donors (Lipinski definition) is 1. The van der Waals surface area contributed by atoms with Crippen molar-refractivity contribution < 1.29 is 9.59 Å². The fraction of sp³-hybridized carbons (Fsp3) is 0.133. The number of carbonyl (C=O) groups excluding carboxylic acids is 2. The van der Waals surface area contributed by atoms with Crippen molar-refractivity contribution in [2.24, 2.45) is 0 Å². The SMILES string of the molecule is CC(=O)c1csc(C(=O)NCc2cnn3ccccc23)c1. The summed E-state index contributed by atoms with van der Waals surface area (Å²) in [5, 5.41) is 8.77. The van der Waals surface area contributed by atoms with Gasteiger partial charge in [0.25, 0.3) is 5.91 Å². The summed E-state index contributed by atoms with van der Waals surface area (Å²) in [6, 6.07) is 7.41. The van der Waals surface area contributed by atoms with E-state index in [1.54, 1.807) is 22.2 Å². The Balaban J connectivity index is 1.72. The molecule has 1 N–H and O–H groups in total. The van der Waals surface area contributed by atoms with E-state index < -0.39 is 0 Å². The molecule has 0 aliphatic carbocycles. The third-order valence-electron chi connectivity index (χ3n) is 3.18. The molecule has 0 unspecified atom stereocenters. The number of amides is 1. The third-order valence-corrected chi connectivity index (χ3v) is 4.10. The first-order valence-corrected chi connectivity index (χ1v) is 7.32. The Kier molecular flexibility index (Phi) is 3.53. The molecule has 1 amide bonds. The molecular formula is C15H13N3O2S. The van der Waals surface area contributed by atoms with Gasteiger partial charge in [-0.3, -0.25) is 9.59 Å². The van der Waals surface area contributed by atoms with Crippen LogP contribution in [0.1, 0.15) is 32.5 Å². The molecule has 0 bridgehead atoms. The Morgan fingerprint density at radius 3 is 3.00 bits per heavy atom. The predicted octanol–water partition coefficient (Wildman–Crippen LogP) is 2.53. The highest BCUT2D eigenvalue weighted by molar-refractivity contribution is 7.12. The van der Waals surface area contributed by atoms with E-state index in [-0.39, 0.29) is 11.7 Å². The second-order valence-corrected chi connectivity index (χ2v) is 5.55. The van der Waals surface area contributed by atoms with Gasteiger partial charge in [0.2, 0.25) is 0 Å². The highest BCUT2D eigenvalue weighted by atomic mass is 32.1. The molecule has 5 nitrogen and oxygen atoms in total. The van der Waals surface area contributed by atoms with Crippen LogP contribution in [-0.4, -0.2) is 21.3 Å². The molecule has 0 fully saturated rings. The van der Waals surface area contributed by atoms with Crippen LogP contribution in [0.25, 0.3) is 5.52 Å². The molecule has 0 saturated carbocycles. The smallest absolute Gasteiger partial charge is 0.261 e. The molecule has 3 rings (SSSR count). The third kappa shape index (κ3) is 2.71. The van der Waals surface area contributed by atoms with Gasteiger partial charge < -0.3 is 5.32 Å². The highest BCUT2D eigenvalue weighted by Crippen LogP contribution is 2.16. The predicted molar refractivity (Wildman–Crippen MR) is 80.7 cm³/mol. The van der Waals surface area contributed by atoms with Gasteiger partial charge in [-0.25, -0.2) is 4.52 Å². The number of pyridine rings is 1. The number of nitrogens with zero attached hydrogens (tertiary/aromatic N) is 2. The lowest BCUT2D eigenvalue weighted by atomic mass is 10.2. The van der Waals surface area contributed by atoms with Crippen LogP contribution in [0.3, 0.4) is 0 Å². The molecule has 3 heterocycles. The lowest BCUT2D eigenvalue weighted by Crippen LogP contribution is -2.21. The van der Waals surface area contributed by atoms with Crippen molar-refractivity contribution in [3.8, 4) is 0 Å². The number of hydrogen-bond acceptors (Lipinski definition) is 4. The Morgan fingerprint density at radius 1 is 1.38 bits per heavy atom. The number of rotatable bonds is 4. The van der Waals surface area contributed by atoms with Gasteiger partial charge in [0.15, 0.2) is 5.78 Å². The molecule has 0 aromatic carbocycles. The van der Waals surface area contributed by atoms with Crippen LogP contribution >= 0.6 is 11.3 Å². The molecule has 106 valence electrons. The average molecular weight is 299 g/mol. The molecule has 21 heavy (non-hydrogen) atoms. The molecule has 0 aliphatic rings. The fourth-order valence-electron chi connectivity index (χ4n) is 2.03. The van der Waals surface area contributed by atoms with Crippen molar-refractivity contribution in [1.29, 1.82) is 0 Å². The van der Waals surface area contributed by atoms with Gasteiger partial charge in [0.1, 0.15) is 0 Å². The lowest BCUT2D eigenvalue weighted by molar-refractivity contribution is 0.0955. The van der Waals surface area contributed by atoms with Crippen LogP contribution in [0.15, 0.2) is 42.0 Å². The molecule has 3 aromatic heterocycles. The van der Waals surface area contributed by atoms with Crippen molar-refractivity contribution in [3.05, 3.63) is 58.0 Å². The Hall–Kier alpha value is -2.47. The lowest BCUT2D eigenvalue weighted by Gasteiger charge is -2.02. The van der Waals surface area contributed by atoms with Crippen molar-refractivity contribution in [2.45, 2.75) is 13.5 Å². The summed E-state index contributed by atoms with van der Waals surface area (Å²) in [6.45, 7) is 1.89. The molecule has 0 aliphatic heterocycles. The summed E-state index contributed by atoms with van der Waals surface area (Å²) in [5.41, 5.74) is 2.49. The average Bonchev–Trinajstić information content (AvgIpc) is 3.12. The van der Waals surface area contributed by atoms with Gasteiger partial charge in [0.05, 0.1) is 16.6 Å². The maximum absolute atomic E-state index is 12.1. The normalized spacial score (nSPS) is 10.7. The van der Waals surface area contributed by atoms with Gasteiger partial charge in [-0.2, -0.15) is 5.10 Å². The number of ketones is 1. The zero-order valence-corrected chi connectivity index (χ0v) is 12.2. The van der Waals surface area contributed by atoms with E-state index in [0.29, 0.717) is 17.0 Å². The zero-order chi connectivity index (χ0) is 14.8. The van der Waals surface area contributed by atoms with E-state index in [0.717, 1.165) is 11.1 Å². The minimum Gasteiger partial charge on any atom is -0.347 e. The van der Waals surface area contributed by atoms with Gasteiger partial charge >= 0.3 is 0 Å². The number of thiophene rings is 1. The van der Waals surface area contributed by atoms with E-state index in [9.17, 15) is 9.59 Å². The molecular weight excluding hydrogens is 286 g/mol. The van der Waals surface area contributed by atoms with Crippen LogP contribution < -0.4 is 5.32 Å². The van der Waals surface area contributed by atoms with Gasteiger partial charge in [-0.1, -0.05) is 6.07 Å². The van der Waals surface area contributed by atoms with Crippen LogP contribution in [0, 0.1) is 0 Å². The Labute approximate surface area is 125 Å². The van der Waals surface area contributed by atoms with Crippen molar-refractivity contribution in [2.75, 3.05) is 0 Å². The number of carbonyl (C=O) groups is 2. The van der Waals surface area contributed by atoms with Crippen LogP contribution in [0.5, 0.6) is 0 Å². The summed E-state index contributed by atoms with van der Waals surface area (Å²) in [7, 11) is 0. The van der Waals surface area contributed by atoms with Gasteiger partial charge in [-0.15, -0.1) is 11.3 Å². The second kappa shape index (κ2) is 5.49. The number of fused-ring (bicyclic) bond motifs is 1. The molecule has 3 aromatic rings.